The van der Waals surface area contributed by atoms with Gasteiger partial charge in [-0.25, -0.2) is 9.97 Å². The van der Waals surface area contributed by atoms with Crippen molar-refractivity contribution in [2.24, 2.45) is 0 Å². The van der Waals surface area contributed by atoms with Crippen LogP contribution in [0.15, 0.2) is 12.5 Å². The van der Waals surface area contributed by atoms with Crippen LogP contribution in [0.25, 0.3) is 0 Å². The van der Waals surface area contributed by atoms with E-state index in [4.69, 9.17) is 4.74 Å². The standard InChI is InChI=1S/C8H11IN2O2/c1-13-4-6(12)2-8-7(9)3-10-5-11-8/h3,5-6,12H,2,4H2,1H3. The zero-order valence-electron chi connectivity index (χ0n) is 7.27. The zero-order valence-corrected chi connectivity index (χ0v) is 9.43. The molecule has 1 atom stereocenters. The Morgan fingerprint density at radius 1 is 1.69 bits per heavy atom. The molecule has 0 saturated heterocycles. The average molecular weight is 294 g/mol. The first kappa shape index (κ1) is 10.8. The molecule has 0 aliphatic carbocycles. The first-order valence-corrected chi connectivity index (χ1v) is 4.93. The molecule has 72 valence electrons. The van der Waals surface area contributed by atoms with E-state index >= 15 is 0 Å². The molecule has 1 heterocycles. The van der Waals surface area contributed by atoms with Gasteiger partial charge in [-0.3, -0.25) is 0 Å². The highest BCUT2D eigenvalue weighted by Crippen LogP contribution is 2.09. The number of aliphatic hydroxyl groups excluding tert-OH is 1. The number of hydrogen-bond donors (Lipinski definition) is 1. The zero-order chi connectivity index (χ0) is 9.68. The summed E-state index contributed by atoms with van der Waals surface area (Å²) in [6.07, 6.45) is 3.22. The number of methoxy groups -OCH3 is 1. The molecule has 0 fully saturated rings. The van der Waals surface area contributed by atoms with Gasteiger partial charge < -0.3 is 9.84 Å². The molecule has 13 heavy (non-hydrogen) atoms. The van der Waals surface area contributed by atoms with E-state index in [-0.39, 0.29) is 0 Å². The van der Waals surface area contributed by atoms with Crippen LogP contribution in [0.5, 0.6) is 0 Å². The third kappa shape index (κ3) is 3.53. The molecule has 0 bridgehead atoms. The van der Waals surface area contributed by atoms with Crippen molar-refractivity contribution in [3.63, 3.8) is 0 Å². The lowest BCUT2D eigenvalue weighted by atomic mass is 10.2. The van der Waals surface area contributed by atoms with Crippen LogP contribution < -0.4 is 0 Å². The Labute approximate surface area is 90.5 Å². The Morgan fingerprint density at radius 2 is 2.46 bits per heavy atom. The van der Waals surface area contributed by atoms with Crippen molar-refractivity contribution in [1.29, 1.82) is 0 Å². The summed E-state index contributed by atoms with van der Waals surface area (Å²) in [6, 6.07) is 0. The molecule has 5 heteroatoms. The lowest BCUT2D eigenvalue weighted by Crippen LogP contribution is -2.18. The van der Waals surface area contributed by atoms with Gasteiger partial charge in [0.15, 0.2) is 0 Å². The van der Waals surface area contributed by atoms with Gasteiger partial charge in [0.25, 0.3) is 0 Å². The SMILES string of the molecule is COCC(O)Cc1ncncc1I. The molecule has 0 radical (unpaired) electrons. The van der Waals surface area contributed by atoms with Gasteiger partial charge in [-0.05, 0) is 22.6 Å². The van der Waals surface area contributed by atoms with Gasteiger partial charge >= 0.3 is 0 Å². The Bertz CT molecular complexity index is 270. The van der Waals surface area contributed by atoms with E-state index in [1.807, 2.05) is 0 Å². The summed E-state index contributed by atoms with van der Waals surface area (Å²) in [4.78, 5) is 7.93. The van der Waals surface area contributed by atoms with Gasteiger partial charge in [0.2, 0.25) is 0 Å². The number of aliphatic hydroxyl groups is 1. The smallest absolute Gasteiger partial charge is 0.115 e. The molecular formula is C8H11IN2O2. The number of hydrogen-bond acceptors (Lipinski definition) is 4. The minimum atomic E-state index is -0.492. The van der Waals surface area contributed by atoms with E-state index in [2.05, 4.69) is 32.6 Å². The van der Waals surface area contributed by atoms with Gasteiger partial charge in [0.1, 0.15) is 6.33 Å². The van der Waals surface area contributed by atoms with E-state index < -0.39 is 6.10 Å². The molecule has 1 aromatic heterocycles. The van der Waals surface area contributed by atoms with Crippen LogP contribution >= 0.6 is 22.6 Å². The number of nitrogens with zero attached hydrogens (tertiary/aromatic N) is 2. The van der Waals surface area contributed by atoms with Gasteiger partial charge in [0.05, 0.1) is 22.0 Å². The first-order chi connectivity index (χ1) is 6.24. The number of rotatable bonds is 4. The Hall–Kier alpha value is -0.270. The summed E-state index contributed by atoms with van der Waals surface area (Å²) in [5, 5.41) is 9.44. The van der Waals surface area contributed by atoms with E-state index in [1.165, 1.54) is 6.33 Å². The molecule has 0 spiro atoms. The van der Waals surface area contributed by atoms with Crippen molar-refractivity contribution in [1.82, 2.24) is 9.97 Å². The molecule has 0 aliphatic rings. The van der Waals surface area contributed by atoms with Crippen molar-refractivity contribution < 1.29 is 9.84 Å². The summed E-state index contributed by atoms with van der Waals surface area (Å²) in [7, 11) is 1.56. The topological polar surface area (TPSA) is 55.2 Å². The summed E-state index contributed by atoms with van der Waals surface area (Å²) in [6.45, 7) is 0.333. The summed E-state index contributed by atoms with van der Waals surface area (Å²) in [5.74, 6) is 0. The number of aromatic nitrogens is 2. The molecule has 1 aromatic rings. The van der Waals surface area contributed by atoms with E-state index in [0.717, 1.165) is 9.26 Å². The first-order valence-electron chi connectivity index (χ1n) is 3.85. The molecule has 0 amide bonds. The predicted molar refractivity (Wildman–Crippen MR) is 56.3 cm³/mol. The minimum Gasteiger partial charge on any atom is -0.390 e. The molecular weight excluding hydrogens is 283 g/mol. The highest BCUT2D eigenvalue weighted by molar-refractivity contribution is 14.1. The van der Waals surface area contributed by atoms with E-state index in [9.17, 15) is 5.11 Å². The van der Waals surface area contributed by atoms with Gasteiger partial charge in [-0.1, -0.05) is 0 Å². The molecule has 1 rings (SSSR count). The lowest BCUT2D eigenvalue weighted by molar-refractivity contribution is 0.0643. The molecule has 0 saturated carbocycles. The number of ether oxygens (including phenoxy) is 1. The highest BCUT2D eigenvalue weighted by atomic mass is 127. The minimum absolute atomic E-state index is 0.333. The fourth-order valence-corrected chi connectivity index (χ4v) is 1.48. The fourth-order valence-electron chi connectivity index (χ4n) is 0.963. The maximum atomic E-state index is 9.44. The third-order valence-corrected chi connectivity index (χ3v) is 2.43. The number of halogens is 1. The van der Waals surface area contributed by atoms with Gasteiger partial charge in [-0.15, -0.1) is 0 Å². The second-order valence-electron chi connectivity index (χ2n) is 2.63. The van der Waals surface area contributed by atoms with Crippen molar-refractivity contribution in [2.45, 2.75) is 12.5 Å². The van der Waals surface area contributed by atoms with Crippen molar-refractivity contribution in [3.8, 4) is 0 Å². The van der Waals surface area contributed by atoms with Crippen LogP contribution in [0.3, 0.4) is 0 Å². The van der Waals surface area contributed by atoms with Crippen LogP contribution in [0.2, 0.25) is 0 Å². The molecule has 0 aromatic carbocycles. The monoisotopic (exact) mass is 294 g/mol. The normalized spacial score (nSPS) is 12.8. The Balaban J connectivity index is 2.58. The van der Waals surface area contributed by atoms with Crippen LogP contribution in [0, 0.1) is 3.57 Å². The second-order valence-corrected chi connectivity index (χ2v) is 3.79. The largest absolute Gasteiger partial charge is 0.390 e. The lowest BCUT2D eigenvalue weighted by Gasteiger charge is -2.08. The second kappa shape index (κ2) is 5.46. The maximum Gasteiger partial charge on any atom is 0.115 e. The van der Waals surface area contributed by atoms with Gasteiger partial charge in [-0.2, -0.15) is 0 Å². The molecule has 4 nitrogen and oxygen atoms in total. The summed E-state index contributed by atoms with van der Waals surface area (Å²) in [5.41, 5.74) is 0.861. The third-order valence-electron chi connectivity index (χ3n) is 1.53. The molecule has 0 aliphatic heterocycles. The molecule has 1 N–H and O–H groups in total. The van der Waals surface area contributed by atoms with Crippen molar-refractivity contribution in [3.05, 3.63) is 21.8 Å². The van der Waals surface area contributed by atoms with Crippen molar-refractivity contribution >= 4 is 22.6 Å². The Morgan fingerprint density at radius 3 is 3.08 bits per heavy atom. The quantitative estimate of drug-likeness (QED) is 0.828. The van der Waals surface area contributed by atoms with Crippen molar-refractivity contribution in [2.75, 3.05) is 13.7 Å². The summed E-state index contributed by atoms with van der Waals surface area (Å²) >= 11 is 2.15. The van der Waals surface area contributed by atoms with Crippen LogP contribution in [-0.2, 0) is 11.2 Å². The van der Waals surface area contributed by atoms with Crippen LogP contribution in [-0.4, -0.2) is 34.9 Å². The van der Waals surface area contributed by atoms with E-state index in [1.54, 1.807) is 13.3 Å². The Kier molecular flexibility index (Phi) is 4.54. The fraction of sp³-hybridized carbons (Fsp3) is 0.500. The van der Waals surface area contributed by atoms with Gasteiger partial charge in [0, 0.05) is 19.7 Å². The summed E-state index contributed by atoms with van der Waals surface area (Å²) < 4.78 is 5.79. The molecule has 1 unspecified atom stereocenters. The average Bonchev–Trinajstić information content (AvgIpc) is 2.09. The predicted octanol–water partition coefficient (Wildman–Crippen LogP) is 0.631. The highest BCUT2D eigenvalue weighted by Gasteiger charge is 2.08. The van der Waals surface area contributed by atoms with E-state index in [0.29, 0.717) is 13.0 Å². The van der Waals surface area contributed by atoms with Crippen LogP contribution in [0.1, 0.15) is 5.69 Å². The van der Waals surface area contributed by atoms with Crippen LogP contribution in [0.4, 0.5) is 0 Å². The maximum absolute atomic E-state index is 9.44.